The topological polar surface area (TPSA) is 46.3 Å². The molecule has 0 saturated heterocycles. The molecule has 0 bridgehead atoms. The van der Waals surface area contributed by atoms with Gasteiger partial charge in [0.1, 0.15) is 11.5 Å². The van der Waals surface area contributed by atoms with Crippen LogP contribution in [0.4, 0.5) is 0 Å². The summed E-state index contributed by atoms with van der Waals surface area (Å²) in [5, 5.41) is 0. The Morgan fingerprint density at radius 2 is 2.21 bits per heavy atom. The smallest absolute Gasteiger partial charge is 0.223 e. The van der Waals surface area contributed by atoms with Crippen LogP contribution >= 0.6 is 0 Å². The molecule has 0 aliphatic carbocycles. The minimum absolute atomic E-state index is 0.109. The summed E-state index contributed by atoms with van der Waals surface area (Å²) in [5.41, 5.74) is 1.08. The van der Waals surface area contributed by atoms with Gasteiger partial charge in [-0.05, 0) is 37.1 Å². The molecular weight excluding hydrogens is 240 g/mol. The fraction of sp³-hybridized carbons (Fsp3) is 0.333. The van der Waals surface area contributed by atoms with Gasteiger partial charge in [-0.1, -0.05) is 6.07 Å². The number of hydrogen-bond donors (Lipinski definition) is 0. The maximum atomic E-state index is 12.0. The van der Waals surface area contributed by atoms with E-state index < -0.39 is 0 Å². The Kier molecular flexibility index (Phi) is 4.34. The summed E-state index contributed by atoms with van der Waals surface area (Å²) >= 11 is 0. The first kappa shape index (κ1) is 13.3. The average molecular weight is 258 g/mol. The van der Waals surface area contributed by atoms with Crippen LogP contribution in [0.1, 0.15) is 23.5 Å². The zero-order valence-corrected chi connectivity index (χ0v) is 11.3. The lowest BCUT2D eigenvalue weighted by Crippen LogP contribution is -2.26. The molecule has 0 aromatic carbocycles. The van der Waals surface area contributed by atoms with Gasteiger partial charge in [0.05, 0.1) is 6.54 Å². The summed E-state index contributed by atoms with van der Waals surface area (Å²) in [4.78, 5) is 17.7. The van der Waals surface area contributed by atoms with Crippen molar-refractivity contribution in [3.05, 3.63) is 53.7 Å². The van der Waals surface area contributed by atoms with Crippen LogP contribution in [0.2, 0.25) is 0 Å². The van der Waals surface area contributed by atoms with Gasteiger partial charge in [-0.25, -0.2) is 0 Å². The molecule has 0 aliphatic heterocycles. The summed E-state index contributed by atoms with van der Waals surface area (Å²) in [6.07, 6.45) is 4.73. The lowest BCUT2D eigenvalue weighted by atomic mass is 10.1. The number of carbonyl (C=O) groups is 1. The number of nitrogens with zero attached hydrogens (tertiary/aromatic N) is 2. The lowest BCUT2D eigenvalue weighted by Gasteiger charge is -2.15. The van der Waals surface area contributed by atoms with E-state index in [-0.39, 0.29) is 5.91 Å². The van der Waals surface area contributed by atoms with E-state index >= 15 is 0 Å². The summed E-state index contributed by atoms with van der Waals surface area (Å²) in [6.45, 7) is 2.41. The van der Waals surface area contributed by atoms with Gasteiger partial charge in [0.25, 0.3) is 0 Å². The quantitative estimate of drug-likeness (QED) is 0.828. The largest absolute Gasteiger partial charge is 0.464 e. The first-order valence-electron chi connectivity index (χ1n) is 6.33. The third kappa shape index (κ3) is 3.95. The Bertz CT molecular complexity index is 534. The Hall–Kier alpha value is -2.10. The number of aromatic nitrogens is 1. The van der Waals surface area contributed by atoms with Crippen molar-refractivity contribution in [2.45, 2.75) is 26.3 Å². The van der Waals surface area contributed by atoms with Gasteiger partial charge in [-0.3, -0.25) is 9.78 Å². The lowest BCUT2D eigenvalue weighted by molar-refractivity contribution is -0.130. The molecule has 0 saturated carbocycles. The Morgan fingerprint density at radius 1 is 1.37 bits per heavy atom. The average Bonchev–Trinajstić information content (AvgIpc) is 2.82. The van der Waals surface area contributed by atoms with E-state index in [0.717, 1.165) is 17.1 Å². The van der Waals surface area contributed by atoms with Crippen LogP contribution in [0.25, 0.3) is 0 Å². The second-order valence-corrected chi connectivity index (χ2v) is 4.62. The van der Waals surface area contributed by atoms with Crippen LogP contribution in [-0.2, 0) is 17.8 Å². The highest BCUT2D eigenvalue weighted by Crippen LogP contribution is 2.10. The van der Waals surface area contributed by atoms with Crippen LogP contribution in [0.3, 0.4) is 0 Å². The van der Waals surface area contributed by atoms with E-state index in [1.165, 1.54) is 0 Å². The normalized spacial score (nSPS) is 10.4. The highest BCUT2D eigenvalue weighted by atomic mass is 16.3. The molecule has 0 aliphatic rings. The molecule has 0 atom stereocenters. The Labute approximate surface area is 113 Å². The van der Waals surface area contributed by atoms with Crippen molar-refractivity contribution >= 4 is 5.91 Å². The molecule has 4 nitrogen and oxygen atoms in total. The number of pyridine rings is 1. The van der Waals surface area contributed by atoms with Crippen LogP contribution in [0.15, 0.2) is 41.1 Å². The number of carbonyl (C=O) groups excluding carboxylic acids is 1. The van der Waals surface area contributed by atoms with Crippen molar-refractivity contribution < 1.29 is 9.21 Å². The molecule has 2 rings (SSSR count). The predicted octanol–water partition coefficient (Wildman–Crippen LogP) is 2.57. The number of amides is 1. The number of rotatable bonds is 5. The second kappa shape index (κ2) is 6.18. The molecule has 2 aromatic heterocycles. The molecule has 0 unspecified atom stereocenters. The zero-order chi connectivity index (χ0) is 13.7. The van der Waals surface area contributed by atoms with E-state index in [1.54, 1.807) is 24.3 Å². The molecule has 4 heteroatoms. The number of furan rings is 1. The SMILES string of the molecule is Cc1ccc(CN(C)C(=O)CCc2cccnc2)o1. The van der Waals surface area contributed by atoms with Gasteiger partial charge in [-0.15, -0.1) is 0 Å². The molecule has 0 N–H and O–H groups in total. The van der Waals surface area contributed by atoms with Gasteiger partial charge in [0.15, 0.2) is 0 Å². The fourth-order valence-electron chi connectivity index (χ4n) is 1.88. The molecular formula is C15H18N2O2. The third-order valence-corrected chi connectivity index (χ3v) is 2.97. The van der Waals surface area contributed by atoms with Gasteiger partial charge in [0, 0.05) is 25.9 Å². The minimum Gasteiger partial charge on any atom is -0.464 e. The van der Waals surface area contributed by atoms with Gasteiger partial charge < -0.3 is 9.32 Å². The highest BCUT2D eigenvalue weighted by Gasteiger charge is 2.11. The van der Waals surface area contributed by atoms with Gasteiger partial charge in [-0.2, -0.15) is 0 Å². The second-order valence-electron chi connectivity index (χ2n) is 4.62. The van der Waals surface area contributed by atoms with Crippen molar-refractivity contribution in [1.82, 2.24) is 9.88 Å². The number of hydrogen-bond acceptors (Lipinski definition) is 3. The van der Waals surface area contributed by atoms with Crippen LogP contribution in [-0.4, -0.2) is 22.8 Å². The summed E-state index contributed by atoms with van der Waals surface area (Å²) in [7, 11) is 1.80. The van der Waals surface area contributed by atoms with E-state index in [2.05, 4.69) is 4.98 Å². The molecule has 100 valence electrons. The molecule has 0 radical (unpaired) electrons. The monoisotopic (exact) mass is 258 g/mol. The minimum atomic E-state index is 0.109. The molecule has 19 heavy (non-hydrogen) atoms. The highest BCUT2D eigenvalue weighted by molar-refractivity contribution is 5.76. The van der Waals surface area contributed by atoms with E-state index in [9.17, 15) is 4.79 Å². The van der Waals surface area contributed by atoms with E-state index in [4.69, 9.17) is 4.42 Å². The van der Waals surface area contributed by atoms with Gasteiger partial charge in [0.2, 0.25) is 5.91 Å². The molecule has 0 spiro atoms. The van der Waals surface area contributed by atoms with Crippen molar-refractivity contribution in [3.63, 3.8) is 0 Å². The van der Waals surface area contributed by atoms with Gasteiger partial charge >= 0.3 is 0 Å². The van der Waals surface area contributed by atoms with Crippen molar-refractivity contribution in [2.75, 3.05) is 7.05 Å². The molecule has 0 fully saturated rings. The summed E-state index contributed by atoms with van der Waals surface area (Å²) in [6, 6.07) is 7.68. The first-order chi connectivity index (χ1) is 9.15. The van der Waals surface area contributed by atoms with E-state index in [0.29, 0.717) is 19.4 Å². The third-order valence-electron chi connectivity index (χ3n) is 2.97. The standard InChI is InChI=1S/C15H18N2O2/c1-12-5-7-14(19-12)11-17(2)15(18)8-6-13-4-3-9-16-10-13/h3-5,7,9-10H,6,8,11H2,1-2H3. The molecule has 1 amide bonds. The Morgan fingerprint density at radius 3 is 2.84 bits per heavy atom. The Balaban J connectivity index is 1.82. The van der Waals surface area contributed by atoms with Crippen LogP contribution in [0.5, 0.6) is 0 Å². The fourth-order valence-corrected chi connectivity index (χ4v) is 1.88. The zero-order valence-electron chi connectivity index (χ0n) is 11.3. The van der Waals surface area contributed by atoms with Crippen molar-refractivity contribution in [2.24, 2.45) is 0 Å². The van der Waals surface area contributed by atoms with Crippen molar-refractivity contribution in [3.8, 4) is 0 Å². The number of aryl methyl sites for hydroxylation is 2. The molecule has 2 heterocycles. The first-order valence-corrected chi connectivity index (χ1v) is 6.33. The van der Waals surface area contributed by atoms with Crippen LogP contribution < -0.4 is 0 Å². The summed E-state index contributed by atoms with van der Waals surface area (Å²) in [5.74, 6) is 1.79. The summed E-state index contributed by atoms with van der Waals surface area (Å²) < 4.78 is 5.46. The predicted molar refractivity (Wildman–Crippen MR) is 72.5 cm³/mol. The molecule has 2 aromatic rings. The maximum Gasteiger partial charge on any atom is 0.223 e. The van der Waals surface area contributed by atoms with E-state index in [1.807, 2.05) is 31.2 Å². The maximum absolute atomic E-state index is 12.0. The van der Waals surface area contributed by atoms with Crippen molar-refractivity contribution in [1.29, 1.82) is 0 Å². The van der Waals surface area contributed by atoms with Crippen LogP contribution in [0, 0.1) is 6.92 Å².